The molecule has 52 heavy (non-hydrogen) atoms. The number of piperazine rings is 1. The molecule has 12 atom stereocenters. The van der Waals surface area contributed by atoms with Gasteiger partial charge in [-0.05, 0) is 135 Å². The molecule has 1 heterocycles. The maximum absolute atomic E-state index is 15.0. The van der Waals surface area contributed by atoms with Gasteiger partial charge in [0.25, 0.3) is 0 Å². The zero-order chi connectivity index (χ0) is 37.8. The summed E-state index contributed by atoms with van der Waals surface area (Å²) in [4.78, 5) is 45.3. The van der Waals surface area contributed by atoms with Crippen molar-refractivity contribution in [1.29, 1.82) is 0 Å². The van der Waals surface area contributed by atoms with E-state index in [9.17, 15) is 14.4 Å². The number of ether oxygens (including phenoxy) is 1. The fourth-order valence-electron chi connectivity index (χ4n) is 15.3. The number of carbonyl (C=O) groups is 3. The normalized spacial score (nSPS) is 46.4. The largest absolute Gasteiger partial charge is 0.462 e. The van der Waals surface area contributed by atoms with Gasteiger partial charge in [-0.25, -0.2) is 0 Å². The first-order valence-electron chi connectivity index (χ1n) is 21.4. The molecule has 0 bridgehead atoms. The summed E-state index contributed by atoms with van der Waals surface area (Å²) < 4.78 is 5.98. The minimum absolute atomic E-state index is 0.00598. The van der Waals surface area contributed by atoms with Gasteiger partial charge < -0.3 is 19.9 Å². The van der Waals surface area contributed by atoms with Crippen LogP contribution in [0.1, 0.15) is 140 Å². The summed E-state index contributed by atoms with van der Waals surface area (Å²) in [6, 6.07) is 0.0343. The Hall–Kier alpha value is -1.89. The highest BCUT2D eigenvalue weighted by molar-refractivity contribution is 5.86. The number of fused-ring (bicyclic) bond motifs is 7. The number of hydrogen-bond donors (Lipinski definition) is 1. The monoisotopic (exact) mass is 720 g/mol. The predicted octanol–water partition coefficient (Wildman–Crippen LogP) is 8.27. The zero-order valence-electron chi connectivity index (χ0n) is 34.7. The smallest absolute Gasteiger partial charge is 0.302 e. The molecular weight excluding hydrogens is 647 g/mol. The third kappa shape index (κ3) is 5.36. The third-order valence-electron chi connectivity index (χ3n) is 18.8. The number of likely N-dealkylation sites (N-methyl/N-ethyl adjacent to an activating group) is 1. The molecule has 0 unspecified atom stereocenters. The molecule has 0 spiro atoms. The SMILES string of the molecule is C=C(C)[C@@H]1CC[C@]2(C(=O)N[C@H]3C[C@@H](C(=O)N4CCN(CC)CC4)C3(C)C)CC[C@]3(C)[C@H](CC[C@@H]4[C@@]5(C)CC[C@H](OC(C)=O)C(C)(C)[C@@H]5CC[C@]43C)[C@@H]12. The van der Waals surface area contributed by atoms with Crippen molar-refractivity contribution in [3.8, 4) is 0 Å². The second-order valence-electron chi connectivity index (χ2n) is 21.2. The molecule has 6 aliphatic carbocycles. The summed E-state index contributed by atoms with van der Waals surface area (Å²) in [5.74, 6) is 2.73. The lowest BCUT2D eigenvalue weighted by atomic mass is 9.32. The summed E-state index contributed by atoms with van der Waals surface area (Å²) in [6.45, 7) is 32.2. The fraction of sp³-hybridized carbons (Fsp3) is 0.889. The van der Waals surface area contributed by atoms with E-state index in [4.69, 9.17) is 4.74 Å². The summed E-state index contributed by atoms with van der Waals surface area (Å²) in [5, 5.41) is 3.66. The third-order valence-corrected chi connectivity index (χ3v) is 18.8. The Balaban J connectivity index is 1.11. The van der Waals surface area contributed by atoms with Gasteiger partial charge in [0.2, 0.25) is 11.8 Å². The van der Waals surface area contributed by atoms with Crippen LogP contribution < -0.4 is 5.32 Å². The maximum Gasteiger partial charge on any atom is 0.302 e. The summed E-state index contributed by atoms with van der Waals surface area (Å²) in [7, 11) is 0. The Kier molecular flexibility index (Phi) is 9.47. The molecule has 7 fully saturated rings. The quantitative estimate of drug-likeness (QED) is 0.221. The first kappa shape index (κ1) is 38.4. The Morgan fingerprint density at radius 3 is 2.08 bits per heavy atom. The number of rotatable bonds is 6. The Bertz CT molecular complexity index is 1460. The Morgan fingerprint density at radius 2 is 1.46 bits per heavy atom. The van der Waals surface area contributed by atoms with Gasteiger partial charge in [0.1, 0.15) is 6.10 Å². The molecule has 0 aromatic heterocycles. The van der Waals surface area contributed by atoms with E-state index < -0.39 is 0 Å². The minimum Gasteiger partial charge on any atom is -0.462 e. The molecule has 0 aromatic rings. The van der Waals surface area contributed by atoms with Gasteiger partial charge in [-0.15, -0.1) is 0 Å². The van der Waals surface area contributed by atoms with Crippen molar-refractivity contribution in [2.45, 2.75) is 152 Å². The second-order valence-corrected chi connectivity index (χ2v) is 21.2. The van der Waals surface area contributed by atoms with Gasteiger partial charge in [-0.3, -0.25) is 14.4 Å². The summed E-state index contributed by atoms with van der Waals surface area (Å²) >= 11 is 0. The number of amides is 2. The van der Waals surface area contributed by atoms with E-state index in [1.807, 2.05) is 0 Å². The van der Waals surface area contributed by atoms with Crippen LogP contribution in [0.3, 0.4) is 0 Å². The predicted molar refractivity (Wildman–Crippen MR) is 207 cm³/mol. The molecule has 0 aromatic carbocycles. The highest BCUT2D eigenvalue weighted by atomic mass is 16.5. The lowest BCUT2D eigenvalue weighted by Crippen LogP contribution is -2.68. The van der Waals surface area contributed by atoms with Crippen molar-refractivity contribution < 1.29 is 19.1 Å². The number of nitrogens with one attached hydrogen (secondary N) is 1. The number of nitrogens with zero attached hydrogens (tertiary/aromatic N) is 2. The van der Waals surface area contributed by atoms with Crippen molar-refractivity contribution in [1.82, 2.24) is 15.1 Å². The number of allylic oxidation sites excluding steroid dienone is 1. The lowest BCUT2D eigenvalue weighted by Gasteiger charge is -2.73. The molecule has 7 aliphatic rings. The highest BCUT2D eigenvalue weighted by Crippen LogP contribution is 2.77. The molecule has 7 nitrogen and oxygen atoms in total. The van der Waals surface area contributed by atoms with Crippen LogP contribution in [0, 0.1) is 68.0 Å². The summed E-state index contributed by atoms with van der Waals surface area (Å²) in [5.41, 5.74) is 1.17. The van der Waals surface area contributed by atoms with Crippen LogP contribution in [0.5, 0.6) is 0 Å². The van der Waals surface area contributed by atoms with E-state index >= 15 is 0 Å². The topological polar surface area (TPSA) is 79.0 Å². The lowest BCUT2D eigenvalue weighted by molar-refractivity contribution is -0.249. The Morgan fingerprint density at radius 1 is 0.769 bits per heavy atom. The van der Waals surface area contributed by atoms with Crippen LogP contribution >= 0.6 is 0 Å². The molecule has 2 amide bonds. The van der Waals surface area contributed by atoms with Crippen molar-refractivity contribution in [3.05, 3.63) is 12.2 Å². The second kappa shape index (κ2) is 12.8. The molecule has 1 N–H and O–H groups in total. The van der Waals surface area contributed by atoms with Gasteiger partial charge in [0, 0.05) is 50.5 Å². The van der Waals surface area contributed by atoms with Crippen LogP contribution in [-0.4, -0.2) is 72.5 Å². The maximum atomic E-state index is 15.0. The van der Waals surface area contributed by atoms with Gasteiger partial charge in [0.05, 0.1) is 5.41 Å². The van der Waals surface area contributed by atoms with E-state index in [0.717, 1.165) is 77.7 Å². The van der Waals surface area contributed by atoms with E-state index in [-0.39, 0.29) is 68.3 Å². The van der Waals surface area contributed by atoms with Crippen LogP contribution in [-0.2, 0) is 19.1 Å². The number of carbonyl (C=O) groups excluding carboxylic acids is 3. The molecule has 0 radical (unpaired) electrons. The van der Waals surface area contributed by atoms with Gasteiger partial charge >= 0.3 is 5.97 Å². The highest BCUT2D eigenvalue weighted by Gasteiger charge is 2.72. The first-order chi connectivity index (χ1) is 24.3. The van der Waals surface area contributed by atoms with Crippen molar-refractivity contribution in [2.24, 2.45) is 68.0 Å². The van der Waals surface area contributed by atoms with Crippen LogP contribution in [0.25, 0.3) is 0 Å². The van der Waals surface area contributed by atoms with Gasteiger partial charge in [0.15, 0.2) is 0 Å². The van der Waals surface area contributed by atoms with Crippen molar-refractivity contribution >= 4 is 17.8 Å². The Labute approximate surface area is 316 Å². The van der Waals surface area contributed by atoms with Gasteiger partial charge in [-0.1, -0.05) is 67.5 Å². The van der Waals surface area contributed by atoms with Gasteiger partial charge in [-0.2, -0.15) is 0 Å². The number of esters is 1. The van der Waals surface area contributed by atoms with Crippen molar-refractivity contribution in [3.63, 3.8) is 0 Å². The molecule has 7 heteroatoms. The standard InChI is InChI=1S/C45H73N3O4/c1-12-47-23-25-48(26-24-47)38(50)32-27-35(40(32,5)6)46-39(51)45-20-15-30(28(2)3)37(45)31-13-14-34-42(9)18-17-36(52-29(4)49)41(7,8)33(42)16-19-44(34,11)43(31,10)21-22-45/h30-37H,2,12-27H2,1,3-11H3,(H,46,51)/t30-,31+,32-,33-,34+,35-,36-,37+,42-,43+,44+,45-/m0/s1. The van der Waals surface area contributed by atoms with E-state index in [0.29, 0.717) is 29.6 Å². The molecule has 292 valence electrons. The molecule has 1 aliphatic heterocycles. The average molecular weight is 720 g/mol. The molecular formula is C45H73N3O4. The van der Waals surface area contributed by atoms with Crippen molar-refractivity contribution in [2.75, 3.05) is 32.7 Å². The fourth-order valence-corrected chi connectivity index (χ4v) is 15.3. The van der Waals surface area contributed by atoms with Crippen LogP contribution in [0.15, 0.2) is 12.2 Å². The molecule has 6 saturated carbocycles. The average Bonchev–Trinajstić information content (AvgIpc) is 3.49. The van der Waals surface area contributed by atoms with E-state index in [2.05, 4.69) is 84.0 Å². The van der Waals surface area contributed by atoms with E-state index in [1.54, 1.807) is 6.92 Å². The zero-order valence-corrected chi connectivity index (χ0v) is 34.7. The molecule has 7 rings (SSSR count). The van der Waals surface area contributed by atoms with E-state index in [1.165, 1.54) is 31.3 Å². The summed E-state index contributed by atoms with van der Waals surface area (Å²) in [6.07, 6.45) is 11.7. The number of hydrogen-bond acceptors (Lipinski definition) is 5. The first-order valence-corrected chi connectivity index (χ1v) is 21.4. The minimum atomic E-state index is -0.357. The van der Waals surface area contributed by atoms with Crippen LogP contribution in [0.2, 0.25) is 0 Å². The van der Waals surface area contributed by atoms with Crippen LogP contribution in [0.4, 0.5) is 0 Å². The molecule has 1 saturated heterocycles.